The van der Waals surface area contributed by atoms with Crippen molar-refractivity contribution in [2.75, 3.05) is 137 Å². The Hall–Kier alpha value is -1.11. The number of nitrogens with two attached hydrogens (primary N) is 1. The molecule has 0 fully saturated rings. The summed E-state index contributed by atoms with van der Waals surface area (Å²) < 4.78 is 49.1. The van der Waals surface area contributed by atoms with Crippen LogP contribution in [-0.4, -0.2) is 149 Å². The van der Waals surface area contributed by atoms with E-state index in [1.807, 2.05) is 19.3 Å². The van der Waals surface area contributed by atoms with E-state index in [-0.39, 0.29) is 5.50 Å². The third-order valence-corrected chi connectivity index (χ3v) is 7.22. The molecule has 0 saturated heterocycles. The largest absolute Gasteiger partial charge is 0.399 e. The monoisotopic (exact) mass is 654 g/mol. The van der Waals surface area contributed by atoms with E-state index in [4.69, 9.17) is 48.4 Å². The van der Waals surface area contributed by atoms with Crippen molar-refractivity contribution in [3.63, 3.8) is 0 Å². The Morgan fingerprint density at radius 1 is 0.791 bits per heavy atom. The van der Waals surface area contributed by atoms with Crippen molar-refractivity contribution >= 4 is 29.7 Å². The van der Waals surface area contributed by atoms with Gasteiger partial charge in [-0.25, -0.2) is 0 Å². The molecule has 1 heterocycles. The van der Waals surface area contributed by atoms with Gasteiger partial charge in [0.2, 0.25) is 0 Å². The molecular weight excluding hydrogens is 600 g/mol. The predicted octanol–water partition coefficient (Wildman–Crippen LogP) is 1.44. The van der Waals surface area contributed by atoms with E-state index in [2.05, 4.69) is 21.9 Å². The fourth-order valence-electron chi connectivity index (χ4n) is 3.06. The van der Waals surface area contributed by atoms with Crippen LogP contribution >= 0.6 is 23.5 Å². The first-order valence-corrected chi connectivity index (χ1v) is 17.2. The van der Waals surface area contributed by atoms with Crippen LogP contribution in [0.4, 0.5) is 0 Å². The summed E-state index contributed by atoms with van der Waals surface area (Å²) in [5.41, 5.74) is 7.65. The Morgan fingerprint density at radius 3 is 1.81 bits per heavy atom. The van der Waals surface area contributed by atoms with E-state index in [9.17, 15) is 0 Å². The Bertz CT molecular complexity index is 709. The van der Waals surface area contributed by atoms with Gasteiger partial charge in [-0.3, -0.25) is 4.99 Å². The molecule has 0 amide bonds. The lowest BCUT2D eigenvalue weighted by atomic mass is 10.3. The van der Waals surface area contributed by atoms with Gasteiger partial charge in [0.05, 0.1) is 118 Å². The summed E-state index contributed by atoms with van der Waals surface area (Å²) in [5.74, 6) is 0. The van der Waals surface area contributed by atoms with Gasteiger partial charge in [0.25, 0.3) is 0 Å². The third kappa shape index (κ3) is 28.1. The molecule has 1 rings (SSSR count). The minimum Gasteiger partial charge on any atom is -0.399 e. The second kappa shape index (κ2) is 32.3. The molecule has 15 heteroatoms. The smallest absolute Gasteiger partial charge is 0.166 e. The zero-order valence-electron chi connectivity index (χ0n) is 26.0. The van der Waals surface area contributed by atoms with Gasteiger partial charge in [-0.1, -0.05) is 0 Å². The highest BCUT2D eigenvalue weighted by molar-refractivity contribution is 8.15. The van der Waals surface area contributed by atoms with Gasteiger partial charge in [-0.05, 0) is 13.2 Å². The van der Waals surface area contributed by atoms with Crippen LogP contribution < -0.4 is 16.4 Å². The summed E-state index contributed by atoms with van der Waals surface area (Å²) in [4.78, 5) is 4.45. The highest BCUT2D eigenvalue weighted by atomic mass is 32.2. The van der Waals surface area contributed by atoms with Crippen LogP contribution in [0.15, 0.2) is 28.7 Å². The van der Waals surface area contributed by atoms with Crippen molar-refractivity contribution in [2.45, 2.75) is 12.4 Å². The molecule has 0 aliphatic carbocycles. The van der Waals surface area contributed by atoms with E-state index in [0.29, 0.717) is 131 Å². The summed E-state index contributed by atoms with van der Waals surface area (Å²) in [6.45, 7) is 12.1. The van der Waals surface area contributed by atoms with Gasteiger partial charge in [-0.2, -0.15) is 11.8 Å². The van der Waals surface area contributed by atoms with E-state index in [1.54, 1.807) is 29.7 Å². The number of thioether (sulfide) groups is 2. The van der Waals surface area contributed by atoms with Crippen LogP contribution in [0.1, 0.15) is 6.92 Å². The van der Waals surface area contributed by atoms with Crippen molar-refractivity contribution in [1.82, 2.24) is 10.6 Å². The molecule has 0 spiro atoms. The highest BCUT2D eigenvalue weighted by Gasteiger charge is 2.08. The van der Waals surface area contributed by atoms with Gasteiger partial charge in [0.15, 0.2) is 5.50 Å². The van der Waals surface area contributed by atoms with Crippen LogP contribution in [-0.2, 0) is 42.6 Å². The summed E-state index contributed by atoms with van der Waals surface area (Å²) in [5, 5.41) is 7.37. The predicted molar refractivity (Wildman–Crippen MR) is 173 cm³/mol. The normalized spacial score (nSPS) is 15.1. The zero-order valence-corrected chi connectivity index (χ0v) is 27.6. The summed E-state index contributed by atoms with van der Waals surface area (Å²) in [6.07, 6.45) is 7.64. The van der Waals surface area contributed by atoms with Crippen LogP contribution in [0.2, 0.25) is 0 Å². The Kier molecular flexibility index (Phi) is 30.0. The number of hydrogen-bond donors (Lipinski definition) is 3. The fraction of sp³-hybridized carbons (Fsp3) is 0.821. The molecule has 0 saturated carbocycles. The molecule has 13 nitrogen and oxygen atoms in total. The minimum absolute atomic E-state index is 0.0933. The van der Waals surface area contributed by atoms with E-state index in [0.717, 1.165) is 10.7 Å². The molecule has 0 aromatic carbocycles. The van der Waals surface area contributed by atoms with Crippen molar-refractivity contribution in [1.29, 1.82) is 0 Å². The molecule has 0 radical (unpaired) electrons. The number of rotatable bonds is 33. The topological polar surface area (TPSA) is 146 Å². The molecule has 4 N–H and O–H groups in total. The molecule has 252 valence electrons. The van der Waals surface area contributed by atoms with Crippen molar-refractivity contribution in [3.8, 4) is 0 Å². The first kappa shape index (κ1) is 39.9. The van der Waals surface area contributed by atoms with Crippen molar-refractivity contribution in [2.24, 2.45) is 10.7 Å². The van der Waals surface area contributed by atoms with Gasteiger partial charge in [-0.15, -0.1) is 11.8 Å². The maximum absolute atomic E-state index is 5.93. The van der Waals surface area contributed by atoms with Crippen molar-refractivity contribution < 1.29 is 42.6 Å². The molecule has 0 aromatic rings. The molecule has 1 atom stereocenters. The number of hydrogen-bond acceptors (Lipinski definition) is 15. The number of ether oxygens (including phenoxy) is 9. The quantitative estimate of drug-likeness (QED) is 0.0693. The number of aliphatic imine (C=N–C) groups is 1. The summed E-state index contributed by atoms with van der Waals surface area (Å²) in [6, 6.07) is 0. The second-order valence-corrected chi connectivity index (χ2v) is 11.0. The fourth-order valence-corrected chi connectivity index (χ4v) is 4.43. The maximum Gasteiger partial charge on any atom is 0.166 e. The lowest BCUT2D eigenvalue weighted by Gasteiger charge is -2.17. The molecular formula is C28H54N4O9S2. The Balaban J connectivity index is 1.75. The molecule has 43 heavy (non-hydrogen) atoms. The third-order valence-electron chi connectivity index (χ3n) is 5.15. The lowest BCUT2D eigenvalue weighted by molar-refractivity contribution is -0.0153. The van der Waals surface area contributed by atoms with Crippen molar-refractivity contribution in [3.05, 3.63) is 23.7 Å². The van der Waals surface area contributed by atoms with Gasteiger partial charge >= 0.3 is 0 Å². The first-order chi connectivity index (χ1) is 21.3. The lowest BCUT2D eigenvalue weighted by Crippen LogP contribution is -2.24. The molecule has 0 bridgehead atoms. The zero-order chi connectivity index (χ0) is 30.9. The average Bonchev–Trinajstić information content (AvgIpc) is 3.02. The van der Waals surface area contributed by atoms with Crippen LogP contribution in [0.3, 0.4) is 0 Å². The average molecular weight is 655 g/mol. The molecule has 0 aromatic heterocycles. The standard InChI is InChI=1S/C28H54N4O9S2/c1-3-33-6-7-35-10-11-36-12-13-37-14-15-39-17-19-41-24-27(29)22-30-4-5-34-8-9-38-16-18-40-23-26-20-31-28(32-21-26)43-25-42-2/h20-22,28,30-31H,3-19,23-25,29H2,1-2H3/b27-22-. The Morgan fingerprint density at radius 2 is 1.30 bits per heavy atom. The van der Waals surface area contributed by atoms with Gasteiger partial charge in [0, 0.05) is 42.4 Å². The Labute approximate surface area is 266 Å². The van der Waals surface area contributed by atoms with E-state index in [1.165, 1.54) is 0 Å². The molecule has 1 aliphatic rings. The van der Waals surface area contributed by atoms with Gasteiger partial charge in [0.1, 0.15) is 0 Å². The number of nitrogens with one attached hydrogen (secondary N) is 2. The van der Waals surface area contributed by atoms with Gasteiger partial charge < -0.3 is 59.0 Å². The molecule has 1 aliphatic heterocycles. The summed E-state index contributed by atoms with van der Waals surface area (Å²) in [7, 11) is 0. The van der Waals surface area contributed by atoms with E-state index < -0.39 is 0 Å². The summed E-state index contributed by atoms with van der Waals surface area (Å²) >= 11 is 3.55. The van der Waals surface area contributed by atoms with Crippen LogP contribution in [0, 0.1) is 0 Å². The second-order valence-electron chi connectivity index (χ2n) is 8.74. The highest BCUT2D eigenvalue weighted by Crippen LogP contribution is 2.17. The maximum atomic E-state index is 5.93. The SMILES string of the molecule is CCOCCOCCOCCOCCOCCOC/C(N)=C/NCCOCCOCCOCC1=CNC(SCSC)N=C1. The first-order valence-electron chi connectivity index (χ1n) is 14.7. The van der Waals surface area contributed by atoms with Crippen LogP contribution in [0.5, 0.6) is 0 Å². The minimum atomic E-state index is 0.0933. The van der Waals surface area contributed by atoms with Crippen LogP contribution in [0.25, 0.3) is 0 Å². The van der Waals surface area contributed by atoms with E-state index >= 15 is 0 Å². The number of nitrogens with zero attached hydrogens (tertiary/aromatic N) is 1. The molecule has 1 unspecified atom stereocenters.